The van der Waals surface area contributed by atoms with Gasteiger partial charge in [0.25, 0.3) is 0 Å². The second-order valence-electron chi connectivity index (χ2n) is 19.5. The molecule has 0 aliphatic heterocycles. The molecular weight excluding hydrogens is 989 g/mol. The Balaban J connectivity index is 0.861. The van der Waals surface area contributed by atoms with E-state index in [1.807, 2.05) is 72.8 Å². The van der Waals surface area contributed by atoms with Crippen LogP contribution in [0.25, 0.3) is 98.2 Å². The molecule has 0 unspecified atom stereocenters. The van der Waals surface area contributed by atoms with Crippen molar-refractivity contribution >= 4 is 73.0 Å². The maximum atomic E-state index is 8.39. The Morgan fingerprint density at radius 1 is 0.309 bits per heavy atom. The van der Waals surface area contributed by atoms with Crippen molar-refractivity contribution in [3.05, 3.63) is 313 Å². The highest BCUT2D eigenvalue weighted by Crippen LogP contribution is 2.44. The molecule has 2 aromatic heterocycles. The van der Waals surface area contributed by atoms with Crippen LogP contribution < -0.4 is 9.80 Å². The van der Waals surface area contributed by atoms with E-state index in [-0.39, 0.29) is 0 Å². The van der Waals surface area contributed by atoms with Crippen LogP contribution in [-0.2, 0) is 0 Å². The molecule has 0 radical (unpaired) electrons. The van der Waals surface area contributed by atoms with Crippen molar-refractivity contribution < 1.29 is 0 Å². The van der Waals surface area contributed by atoms with Gasteiger partial charge < -0.3 is 14.4 Å². The number of benzene rings is 11. The van der Waals surface area contributed by atoms with Gasteiger partial charge in [-0.3, -0.25) is 0 Å². The molecule has 0 bridgehead atoms. The fourth-order valence-corrected chi connectivity index (χ4v) is 10.8. The quantitative estimate of drug-likeness (QED) is 0.114. The first kappa shape index (κ1) is 49.0. The molecule has 13 aromatic rings. The number of hydrogen-bond donors (Lipinski definition) is 0. The van der Waals surface area contributed by atoms with Crippen molar-refractivity contribution in [3.63, 3.8) is 0 Å². The third-order valence-corrected chi connectivity index (χ3v) is 14.6. The van der Waals surface area contributed by atoms with Gasteiger partial charge in [0.2, 0.25) is 0 Å². The van der Waals surface area contributed by atoms with E-state index in [9.17, 15) is 0 Å². The Labute approximate surface area is 470 Å². The van der Waals surface area contributed by atoms with Crippen LogP contribution in [0.5, 0.6) is 0 Å². The first-order valence-electron chi connectivity index (χ1n) is 26.5. The van der Waals surface area contributed by atoms with Crippen molar-refractivity contribution in [2.75, 3.05) is 9.80 Å². The summed E-state index contributed by atoms with van der Waals surface area (Å²) in [5.74, 6) is 0.484. The highest BCUT2D eigenvalue weighted by molar-refractivity contribution is 6.12. The highest BCUT2D eigenvalue weighted by Gasteiger charge is 2.21. The van der Waals surface area contributed by atoms with E-state index in [0.29, 0.717) is 34.3 Å². The summed E-state index contributed by atoms with van der Waals surface area (Å²) in [5, 5.41) is 2.23. The monoisotopic (exact) mass is 1030 g/mol. The maximum Gasteiger partial charge on any atom is 0.195 e. The largest absolute Gasteiger partial charge is 0.310 e. The average Bonchev–Trinajstić information content (AvgIpc) is 4.14. The van der Waals surface area contributed by atoms with Gasteiger partial charge in [-0.15, -0.1) is 0 Å². The fraction of sp³-hybridized carbons (Fsp3) is 0. The van der Waals surface area contributed by atoms with E-state index in [2.05, 4.69) is 217 Å². The number of rotatable bonds is 12. The maximum absolute atomic E-state index is 8.39. The van der Waals surface area contributed by atoms with Crippen LogP contribution >= 0.6 is 0 Å². The van der Waals surface area contributed by atoms with Gasteiger partial charge in [-0.25, -0.2) is 24.5 Å². The van der Waals surface area contributed by atoms with Crippen LogP contribution in [0.15, 0.2) is 279 Å². The molecule has 8 heteroatoms. The van der Waals surface area contributed by atoms with Crippen LogP contribution in [0.3, 0.4) is 0 Å². The molecule has 0 fully saturated rings. The normalized spacial score (nSPS) is 10.9. The molecule has 0 atom stereocenters. The lowest BCUT2D eigenvalue weighted by atomic mass is 9.97. The minimum Gasteiger partial charge on any atom is -0.310 e. The summed E-state index contributed by atoms with van der Waals surface area (Å²) in [4.78, 5) is 25.8. The minimum atomic E-state index is 0.484. The van der Waals surface area contributed by atoms with E-state index in [1.54, 1.807) is 18.2 Å². The third kappa shape index (κ3) is 9.57. The number of hydrogen-bond acceptors (Lipinski definition) is 4. The zero-order chi connectivity index (χ0) is 54.7. The molecule has 0 N–H and O–H groups in total. The van der Waals surface area contributed by atoms with Crippen LogP contribution in [0.1, 0.15) is 0 Å². The molecule has 378 valence electrons. The molecule has 2 heterocycles. The van der Waals surface area contributed by atoms with Gasteiger partial charge in [0.1, 0.15) is 0 Å². The molecule has 81 heavy (non-hydrogen) atoms. The zero-order valence-corrected chi connectivity index (χ0v) is 43.6. The summed E-state index contributed by atoms with van der Waals surface area (Å²) in [6.45, 7) is 23.6. The van der Waals surface area contributed by atoms with Gasteiger partial charge in [0.05, 0.1) is 42.1 Å². The van der Waals surface area contributed by atoms with Gasteiger partial charge in [0, 0.05) is 61.7 Å². The van der Waals surface area contributed by atoms with Crippen LogP contribution in [-0.4, -0.2) is 14.5 Å². The molecule has 0 spiro atoms. The minimum absolute atomic E-state index is 0.484. The SMILES string of the molecule is [C-]#[N+]c1cccc(-c2cc(-c3ccc(-c4ccc(-c5ccc(-n6c7ccc(N(c8ccccc8)c8ccccc8)cc7c7cc(N(c8ccccc8)c8ccccc8)ccc76)cc5)c([N+]#[C-])c4)cc3)nc(-c3cccc([N+]#[C-])c3)n2)c1. The standard InChI is InChI=1S/C73H46N8/c1-74-56-20-16-18-54(44-56)69-49-68(77-73(78-69)55-19-17-21-57(45-55)75-2)52-32-30-50(31-33-52)53-36-41-65(70(46-53)76-3)51-34-37-62(38-35-51)81-71-42-39-63(79(58-22-8-4-9-23-58)59-24-10-5-11-25-59)47-66(71)67-48-64(40-43-72(67)81)80(60-26-12-6-13-27-60)61-28-14-7-15-29-61/h4-49H. The van der Waals surface area contributed by atoms with E-state index < -0.39 is 0 Å². The van der Waals surface area contributed by atoms with Gasteiger partial charge in [-0.2, -0.15) is 0 Å². The lowest BCUT2D eigenvalue weighted by Crippen LogP contribution is -2.09. The van der Waals surface area contributed by atoms with Crippen molar-refractivity contribution in [1.29, 1.82) is 0 Å². The summed E-state index contributed by atoms with van der Waals surface area (Å²) in [6.07, 6.45) is 0. The smallest absolute Gasteiger partial charge is 0.195 e. The van der Waals surface area contributed by atoms with E-state index in [4.69, 9.17) is 29.7 Å². The highest BCUT2D eigenvalue weighted by atomic mass is 15.1. The lowest BCUT2D eigenvalue weighted by Gasteiger charge is -2.26. The van der Waals surface area contributed by atoms with Crippen molar-refractivity contribution in [3.8, 4) is 61.8 Å². The fourth-order valence-electron chi connectivity index (χ4n) is 10.8. The summed E-state index contributed by atoms with van der Waals surface area (Å²) in [7, 11) is 0. The summed E-state index contributed by atoms with van der Waals surface area (Å²) < 4.78 is 2.35. The van der Waals surface area contributed by atoms with E-state index >= 15 is 0 Å². The van der Waals surface area contributed by atoms with Crippen molar-refractivity contribution in [2.24, 2.45) is 0 Å². The van der Waals surface area contributed by atoms with E-state index in [0.717, 1.165) is 101 Å². The first-order chi connectivity index (χ1) is 40.0. The van der Waals surface area contributed by atoms with Gasteiger partial charge in [-0.05, 0) is 149 Å². The second-order valence-corrected chi connectivity index (χ2v) is 19.5. The summed E-state index contributed by atoms with van der Waals surface area (Å²) in [5.41, 5.74) is 18.5. The van der Waals surface area contributed by atoms with Gasteiger partial charge in [-0.1, -0.05) is 158 Å². The number of para-hydroxylation sites is 4. The number of aromatic nitrogens is 3. The van der Waals surface area contributed by atoms with Gasteiger partial charge >= 0.3 is 0 Å². The summed E-state index contributed by atoms with van der Waals surface area (Å²) >= 11 is 0. The topological polar surface area (TPSA) is 50.3 Å². The van der Waals surface area contributed by atoms with Crippen LogP contribution in [0.2, 0.25) is 0 Å². The number of fused-ring (bicyclic) bond motifs is 3. The molecule has 13 rings (SSSR count). The predicted octanol–water partition coefficient (Wildman–Crippen LogP) is 20.5. The van der Waals surface area contributed by atoms with Crippen molar-refractivity contribution in [2.45, 2.75) is 0 Å². The Morgan fingerprint density at radius 2 is 0.753 bits per heavy atom. The Hall–Kier alpha value is -11.6. The molecule has 8 nitrogen and oxygen atoms in total. The Morgan fingerprint density at radius 3 is 1.25 bits per heavy atom. The van der Waals surface area contributed by atoms with Crippen LogP contribution in [0.4, 0.5) is 51.2 Å². The molecular formula is C73H46N8. The Kier molecular flexibility index (Phi) is 12.9. The molecule has 11 aromatic carbocycles. The summed E-state index contributed by atoms with van der Waals surface area (Å²) in [6, 6.07) is 95.0. The third-order valence-electron chi connectivity index (χ3n) is 14.6. The van der Waals surface area contributed by atoms with Crippen molar-refractivity contribution in [1.82, 2.24) is 14.5 Å². The zero-order valence-electron chi connectivity index (χ0n) is 43.6. The number of nitrogens with zero attached hydrogens (tertiary/aromatic N) is 8. The first-order valence-corrected chi connectivity index (χ1v) is 26.5. The van der Waals surface area contributed by atoms with Crippen LogP contribution in [0, 0.1) is 19.7 Å². The Bertz CT molecular complexity index is 4300. The second kappa shape index (κ2) is 21.4. The molecule has 0 aliphatic rings. The lowest BCUT2D eigenvalue weighted by molar-refractivity contribution is 1.18. The molecule has 0 aliphatic carbocycles. The number of anilines is 6. The average molecular weight is 1040 g/mol. The molecule has 0 saturated heterocycles. The predicted molar refractivity (Wildman–Crippen MR) is 332 cm³/mol. The van der Waals surface area contributed by atoms with E-state index in [1.165, 1.54) is 0 Å². The van der Waals surface area contributed by atoms with Gasteiger partial charge in [0.15, 0.2) is 22.9 Å². The molecule has 0 saturated carbocycles. The molecule has 0 amide bonds.